The summed E-state index contributed by atoms with van der Waals surface area (Å²) in [6.45, 7) is 14.3. The standard InChI is InChI=1S/C20H22N6O2/c1-5-7-14-11-28-17-10-13(21-4)9-15-18(17)26(14)20(22-15)23-19(27)16-8-12(3)24-25(16)6-2/h8-10,14H,5-7,11H2,1-3H3,(H,22,23,27)/t14-/m0/s1. The first-order valence-electron chi connectivity index (χ1n) is 9.47. The number of hydrogen-bond donors (Lipinski definition) is 1. The number of amides is 1. The third-order valence-corrected chi connectivity index (χ3v) is 4.94. The molecule has 3 heterocycles. The van der Waals surface area contributed by atoms with Gasteiger partial charge < -0.3 is 9.30 Å². The molecule has 1 aliphatic heterocycles. The Labute approximate surface area is 162 Å². The van der Waals surface area contributed by atoms with Crippen molar-refractivity contribution < 1.29 is 9.53 Å². The Kier molecular flexibility index (Phi) is 4.51. The van der Waals surface area contributed by atoms with Gasteiger partial charge in [0.05, 0.1) is 23.8 Å². The summed E-state index contributed by atoms with van der Waals surface area (Å²) in [4.78, 5) is 21.1. The van der Waals surface area contributed by atoms with Gasteiger partial charge in [0.2, 0.25) is 5.95 Å². The van der Waals surface area contributed by atoms with Crippen molar-refractivity contribution in [3.8, 4) is 5.75 Å². The summed E-state index contributed by atoms with van der Waals surface area (Å²) < 4.78 is 9.64. The molecule has 0 spiro atoms. The molecular formula is C20H22N6O2. The molecule has 1 N–H and O–H groups in total. The molecule has 2 aromatic heterocycles. The lowest BCUT2D eigenvalue weighted by Crippen LogP contribution is -2.26. The Morgan fingerprint density at radius 1 is 1.39 bits per heavy atom. The van der Waals surface area contributed by atoms with Crippen molar-refractivity contribution >= 4 is 28.6 Å². The second kappa shape index (κ2) is 7.00. The van der Waals surface area contributed by atoms with Gasteiger partial charge in [0.15, 0.2) is 5.69 Å². The van der Waals surface area contributed by atoms with Gasteiger partial charge in [-0.3, -0.25) is 14.8 Å². The highest BCUT2D eigenvalue weighted by Gasteiger charge is 2.28. The number of carbonyl (C=O) groups is 1. The van der Waals surface area contributed by atoms with Crippen LogP contribution in [0.15, 0.2) is 18.2 Å². The monoisotopic (exact) mass is 378 g/mol. The maximum atomic E-state index is 12.9. The molecule has 0 aliphatic carbocycles. The van der Waals surface area contributed by atoms with E-state index in [1.165, 1.54) is 0 Å². The molecule has 0 fully saturated rings. The lowest BCUT2D eigenvalue weighted by molar-refractivity contribution is 0.101. The molecular weight excluding hydrogens is 356 g/mol. The van der Waals surface area contributed by atoms with E-state index < -0.39 is 0 Å². The molecule has 1 aromatic carbocycles. The zero-order valence-corrected chi connectivity index (χ0v) is 16.2. The highest BCUT2D eigenvalue weighted by molar-refractivity contribution is 6.03. The molecule has 0 bridgehead atoms. The van der Waals surface area contributed by atoms with E-state index in [0.29, 0.717) is 41.7 Å². The molecule has 1 atom stereocenters. The summed E-state index contributed by atoms with van der Waals surface area (Å²) in [5.41, 5.74) is 3.25. The molecule has 4 rings (SSSR count). The van der Waals surface area contributed by atoms with Gasteiger partial charge in [-0.05, 0) is 38.5 Å². The van der Waals surface area contributed by atoms with Crippen LogP contribution in [0, 0.1) is 13.5 Å². The Balaban J connectivity index is 1.81. The predicted octanol–water partition coefficient (Wildman–Crippen LogP) is 4.10. The molecule has 8 heteroatoms. The van der Waals surface area contributed by atoms with Crippen LogP contribution >= 0.6 is 0 Å². The van der Waals surface area contributed by atoms with Crippen LogP contribution in [0.2, 0.25) is 0 Å². The quantitative estimate of drug-likeness (QED) is 0.678. The first kappa shape index (κ1) is 18.0. The molecule has 3 aromatic rings. The normalized spacial score (nSPS) is 15.3. The first-order chi connectivity index (χ1) is 13.5. The van der Waals surface area contributed by atoms with Crippen molar-refractivity contribution in [3.63, 3.8) is 0 Å². The molecule has 1 amide bonds. The average Bonchev–Trinajstić information content (AvgIpc) is 3.25. The van der Waals surface area contributed by atoms with Crippen molar-refractivity contribution in [1.82, 2.24) is 19.3 Å². The van der Waals surface area contributed by atoms with E-state index in [0.717, 1.165) is 24.1 Å². The topological polar surface area (TPSA) is 78.3 Å². The molecule has 0 unspecified atom stereocenters. The second-order valence-corrected chi connectivity index (χ2v) is 6.92. The fraction of sp³-hybridized carbons (Fsp3) is 0.400. The largest absolute Gasteiger partial charge is 0.490 e. The average molecular weight is 378 g/mol. The van der Waals surface area contributed by atoms with Crippen molar-refractivity contribution in [3.05, 3.63) is 41.0 Å². The van der Waals surface area contributed by atoms with E-state index in [2.05, 4.69) is 27.2 Å². The van der Waals surface area contributed by atoms with Gasteiger partial charge in [0.25, 0.3) is 5.91 Å². The molecule has 0 radical (unpaired) electrons. The van der Waals surface area contributed by atoms with E-state index in [-0.39, 0.29) is 11.9 Å². The number of rotatable bonds is 5. The minimum Gasteiger partial charge on any atom is -0.490 e. The summed E-state index contributed by atoms with van der Waals surface area (Å²) >= 11 is 0. The number of carbonyl (C=O) groups excluding carboxylic acids is 1. The molecule has 1 aliphatic rings. The summed E-state index contributed by atoms with van der Waals surface area (Å²) in [7, 11) is 0. The van der Waals surface area contributed by atoms with E-state index in [1.54, 1.807) is 22.9 Å². The van der Waals surface area contributed by atoms with Crippen LogP contribution in [0.25, 0.3) is 15.9 Å². The summed E-state index contributed by atoms with van der Waals surface area (Å²) in [6, 6.07) is 5.31. The molecule has 0 saturated heterocycles. The lowest BCUT2D eigenvalue weighted by Gasteiger charge is -2.27. The van der Waals surface area contributed by atoms with Crippen LogP contribution in [0.3, 0.4) is 0 Å². The Bertz CT molecular complexity index is 1100. The van der Waals surface area contributed by atoms with Crippen molar-refractivity contribution in [2.24, 2.45) is 0 Å². The third-order valence-electron chi connectivity index (χ3n) is 4.94. The van der Waals surface area contributed by atoms with Crippen LogP contribution in [0.4, 0.5) is 11.6 Å². The SMILES string of the molecule is [C-]#[N+]c1cc2c3c(c1)nc(NC(=O)c1cc(C)nn1CC)n3[C@@H](CCC)CO2. The fourth-order valence-electron chi connectivity index (χ4n) is 3.74. The van der Waals surface area contributed by atoms with E-state index in [4.69, 9.17) is 11.3 Å². The summed E-state index contributed by atoms with van der Waals surface area (Å²) in [6.07, 6.45) is 1.89. The minimum absolute atomic E-state index is 0.0782. The zero-order chi connectivity index (χ0) is 19.8. The Hall–Kier alpha value is -3.34. The van der Waals surface area contributed by atoms with E-state index >= 15 is 0 Å². The number of hydrogen-bond acceptors (Lipinski definition) is 4. The van der Waals surface area contributed by atoms with Crippen molar-refractivity contribution in [2.45, 2.75) is 46.2 Å². The predicted molar refractivity (Wildman–Crippen MR) is 106 cm³/mol. The number of anilines is 1. The van der Waals surface area contributed by atoms with Gasteiger partial charge >= 0.3 is 0 Å². The maximum Gasteiger partial charge on any atom is 0.276 e. The number of aromatic nitrogens is 4. The number of aryl methyl sites for hydroxylation is 2. The maximum absolute atomic E-state index is 12.9. The number of imidazole rings is 1. The fourth-order valence-corrected chi connectivity index (χ4v) is 3.74. The zero-order valence-electron chi connectivity index (χ0n) is 16.2. The van der Waals surface area contributed by atoms with E-state index in [1.807, 2.05) is 18.4 Å². The molecule has 0 saturated carbocycles. The summed E-state index contributed by atoms with van der Waals surface area (Å²) in [5, 5.41) is 7.31. The van der Waals surface area contributed by atoms with Crippen LogP contribution < -0.4 is 10.1 Å². The van der Waals surface area contributed by atoms with Gasteiger partial charge in [0.1, 0.15) is 23.6 Å². The molecule has 8 nitrogen and oxygen atoms in total. The Morgan fingerprint density at radius 3 is 2.93 bits per heavy atom. The number of nitrogens with zero attached hydrogens (tertiary/aromatic N) is 5. The molecule has 144 valence electrons. The first-order valence-corrected chi connectivity index (χ1v) is 9.47. The lowest BCUT2D eigenvalue weighted by atomic mass is 10.1. The van der Waals surface area contributed by atoms with Gasteiger partial charge in [-0.2, -0.15) is 5.10 Å². The van der Waals surface area contributed by atoms with Crippen LogP contribution in [-0.2, 0) is 6.54 Å². The van der Waals surface area contributed by atoms with Crippen molar-refractivity contribution in [1.29, 1.82) is 0 Å². The van der Waals surface area contributed by atoms with Crippen LogP contribution in [0.5, 0.6) is 5.75 Å². The van der Waals surface area contributed by atoms with E-state index in [9.17, 15) is 4.79 Å². The highest BCUT2D eigenvalue weighted by Crippen LogP contribution is 2.40. The third kappa shape index (κ3) is 2.89. The smallest absolute Gasteiger partial charge is 0.276 e. The summed E-state index contributed by atoms with van der Waals surface area (Å²) in [5.74, 6) is 0.868. The number of benzene rings is 1. The van der Waals surface area contributed by atoms with Gasteiger partial charge in [0, 0.05) is 6.54 Å². The Morgan fingerprint density at radius 2 is 2.21 bits per heavy atom. The molecule has 28 heavy (non-hydrogen) atoms. The van der Waals surface area contributed by atoms with Gasteiger partial charge in [-0.1, -0.05) is 13.3 Å². The van der Waals surface area contributed by atoms with Crippen LogP contribution in [-0.4, -0.2) is 31.8 Å². The van der Waals surface area contributed by atoms with Gasteiger partial charge in [-0.25, -0.2) is 9.83 Å². The van der Waals surface area contributed by atoms with Crippen LogP contribution in [0.1, 0.15) is 48.9 Å². The van der Waals surface area contributed by atoms with Gasteiger partial charge in [-0.15, -0.1) is 0 Å². The number of nitrogens with one attached hydrogen (secondary N) is 1. The van der Waals surface area contributed by atoms with Crippen molar-refractivity contribution in [2.75, 3.05) is 11.9 Å². The second-order valence-electron chi connectivity index (χ2n) is 6.92. The number of ether oxygens (including phenoxy) is 1. The highest BCUT2D eigenvalue weighted by atomic mass is 16.5. The minimum atomic E-state index is -0.248.